The zero-order chi connectivity index (χ0) is 15.3. The third-order valence-electron chi connectivity index (χ3n) is 5.79. The molecule has 20 heavy (non-hydrogen) atoms. The molecular formula is C15H27N3O2. The van der Waals surface area contributed by atoms with Crippen molar-refractivity contribution in [2.45, 2.75) is 70.5 Å². The Labute approximate surface area is 121 Å². The summed E-state index contributed by atoms with van der Waals surface area (Å²) < 4.78 is 0. The molecular weight excluding hydrogens is 254 g/mol. The van der Waals surface area contributed by atoms with Crippen LogP contribution in [0, 0.1) is 5.92 Å². The molecule has 0 aromatic rings. The van der Waals surface area contributed by atoms with Crippen LogP contribution in [0.1, 0.15) is 53.9 Å². The minimum atomic E-state index is -0.771. The van der Waals surface area contributed by atoms with Gasteiger partial charge in [0.1, 0.15) is 5.54 Å². The van der Waals surface area contributed by atoms with E-state index in [9.17, 15) is 9.59 Å². The van der Waals surface area contributed by atoms with Gasteiger partial charge in [0, 0.05) is 24.0 Å². The van der Waals surface area contributed by atoms with Crippen molar-refractivity contribution in [2.75, 3.05) is 7.05 Å². The van der Waals surface area contributed by atoms with Crippen LogP contribution in [0.3, 0.4) is 0 Å². The Kier molecular flexibility index (Phi) is 3.40. The highest BCUT2D eigenvalue weighted by Crippen LogP contribution is 2.45. The molecule has 0 saturated carbocycles. The number of urea groups is 1. The number of rotatable bonds is 2. The molecule has 2 heterocycles. The molecule has 4 atom stereocenters. The van der Waals surface area contributed by atoms with E-state index >= 15 is 0 Å². The molecule has 2 aliphatic heterocycles. The molecule has 0 bridgehead atoms. The SMILES string of the molecule is CCC1(C)CC2(NC(=O)N(C)C2=O)C(C)C(C)(CC)N1. The molecule has 2 aliphatic rings. The zero-order valence-corrected chi connectivity index (χ0v) is 13.5. The van der Waals surface area contributed by atoms with Crippen molar-refractivity contribution in [3.63, 3.8) is 0 Å². The van der Waals surface area contributed by atoms with E-state index in [0.717, 1.165) is 12.8 Å². The minimum Gasteiger partial charge on any atom is -0.323 e. The molecule has 0 radical (unpaired) electrons. The summed E-state index contributed by atoms with van der Waals surface area (Å²) in [6.07, 6.45) is 2.48. The Morgan fingerprint density at radius 3 is 2.25 bits per heavy atom. The number of hydrogen-bond donors (Lipinski definition) is 2. The molecule has 114 valence electrons. The van der Waals surface area contributed by atoms with E-state index in [2.05, 4.69) is 45.3 Å². The molecule has 2 fully saturated rings. The van der Waals surface area contributed by atoms with Crippen molar-refractivity contribution < 1.29 is 9.59 Å². The lowest BCUT2D eigenvalue weighted by molar-refractivity contribution is -0.137. The fraction of sp³-hybridized carbons (Fsp3) is 0.867. The van der Waals surface area contributed by atoms with Gasteiger partial charge in [-0.05, 0) is 33.1 Å². The second-order valence-corrected chi connectivity index (χ2v) is 6.97. The van der Waals surface area contributed by atoms with Gasteiger partial charge in [0.2, 0.25) is 0 Å². The number of carbonyl (C=O) groups is 2. The highest BCUT2D eigenvalue weighted by Gasteiger charge is 2.63. The van der Waals surface area contributed by atoms with E-state index in [0.29, 0.717) is 6.42 Å². The monoisotopic (exact) mass is 281 g/mol. The lowest BCUT2D eigenvalue weighted by atomic mass is 9.61. The van der Waals surface area contributed by atoms with E-state index in [1.807, 2.05) is 0 Å². The average molecular weight is 281 g/mol. The molecule has 4 unspecified atom stereocenters. The third kappa shape index (κ3) is 1.86. The van der Waals surface area contributed by atoms with Crippen molar-refractivity contribution in [3.05, 3.63) is 0 Å². The van der Waals surface area contributed by atoms with Crippen LogP contribution in [0.2, 0.25) is 0 Å². The van der Waals surface area contributed by atoms with Gasteiger partial charge in [-0.25, -0.2) is 4.79 Å². The van der Waals surface area contributed by atoms with E-state index in [1.54, 1.807) is 7.05 Å². The molecule has 3 amide bonds. The van der Waals surface area contributed by atoms with E-state index < -0.39 is 5.54 Å². The van der Waals surface area contributed by atoms with Crippen LogP contribution in [-0.4, -0.2) is 40.5 Å². The van der Waals surface area contributed by atoms with Gasteiger partial charge in [-0.2, -0.15) is 0 Å². The summed E-state index contributed by atoms with van der Waals surface area (Å²) in [5.41, 5.74) is -1.09. The van der Waals surface area contributed by atoms with Crippen LogP contribution in [0.5, 0.6) is 0 Å². The largest absolute Gasteiger partial charge is 0.324 e. The number of imide groups is 1. The second-order valence-electron chi connectivity index (χ2n) is 6.97. The van der Waals surface area contributed by atoms with Crippen LogP contribution in [0.25, 0.3) is 0 Å². The number of nitrogens with zero attached hydrogens (tertiary/aromatic N) is 1. The topological polar surface area (TPSA) is 61.4 Å². The third-order valence-corrected chi connectivity index (χ3v) is 5.79. The second kappa shape index (κ2) is 4.45. The Balaban J connectivity index is 2.51. The van der Waals surface area contributed by atoms with Gasteiger partial charge >= 0.3 is 6.03 Å². The predicted octanol–water partition coefficient (Wildman–Crippen LogP) is 1.87. The average Bonchev–Trinajstić information content (AvgIpc) is 2.61. The van der Waals surface area contributed by atoms with Crippen molar-refractivity contribution in [1.29, 1.82) is 0 Å². The van der Waals surface area contributed by atoms with Gasteiger partial charge in [-0.3, -0.25) is 9.69 Å². The number of likely N-dealkylation sites (N-methyl/N-ethyl adjacent to an activating group) is 1. The first kappa shape index (κ1) is 15.3. The summed E-state index contributed by atoms with van der Waals surface area (Å²) >= 11 is 0. The lowest BCUT2D eigenvalue weighted by Gasteiger charge is -2.56. The number of amides is 3. The quantitative estimate of drug-likeness (QED) is 0.760. The van der Waals surface area contributed by atoms with Gasteiger partial charge in [-0.1, -0.05) is 20.8 Å². The molecule has 1 spiro atoms. The number of nitrogens with one attached hydrogen (secondary N) is 2. The summed E-state index contributed by atoms with van der Waals surface area (Å²) in [6.45, 7) is 10.6. The van der Waals surface area contributed by atoms with Crippen molar-refractivity contribution in [2.24, 2.45) is 5.92 Å². The van der Waals surface area contributed by atoms with Crippen molar-refractivity contribution in [1.82, 2.24) is 15.5 Å². The van der Waals surface area contributed by atoms with Crippen LogP contribution in [-0.2, 0) is 4.79 Å². The van der Waals surface area contributed by atoms with Crippen LogP contribution >= 0.6 is 0 Å². The molecule has 0 aromatic carbocycles. The van der Waals surface area contributed by atoms with Crippen LogP contribution < -0.4 is 10.6 Å². The fourth-order valence-corrected chi connectivity index (χ4v) is 3.90. The molecule has 2 rings (SSSR count). The van der Waals surface area contributed by atoms with Gasteiger partial charge in [0.25, 0.3) is 5.91 Å². The first-order chi connectivity index (χ1) is 9.14. The standard InChI is InChI=1S/C15H27N3O2/c1-7-13(4)9-15(10(3)14(5,8-2)17-13)11(19)18(6)12(20)16-15/h10,17H,7-9H2,1-6H3,(H,16,20). The molecule has 5 heteroatoms. The van der Waals surface area contributed by atoms with E-state index in [-0.39, 0.29) is 28.9 Å². The number of hydrogen-bond acceptors (Lipinski definition) is 3. The number of piperidine rings is 1. The summed E-state index contributed by atoms with van der Waals surface area (Å²) in [4.78, 5) is 25.9. The lowest BCUT2D eigenvalue weighted by Crippen LogP contribution is -2.74. The van der Waals surface area contributed by atoms with E-state index in [4.69, 9.17) is 0 Å². The van der Waals surface area contributed by atoms with Gasteiger partial charge < -0.3 is 10.6 Å². The van der Waals surface area contributed by atoms with Gasteiger partial charge in [-0.15, -0.1) is 0 Å². The molecule has 2 N–H and O–H groups in total. The molecule has 2 saturated heterocycles. The summed E-state index contributed by atoms with van der Waals surface area (Å²) in [5.74, 6) is -0.0446. The Hall–Kier alpha value is -1.10. The maximum Gasteiger partial charge on any atom is 0.324 e. The maximum absolute atomic E-state index is 12.7. The zero-order valence-electron chi connectivity index (χ0n) is 13.5. The molecule has 5 nitrogen and oxygen atoms in total. The van der Waals surface area contributed by atoms with Crippen molar-refractivity contribution in [3.8, 4) is 0 Å². The van der Waals surface area contributed by atoms with Gasteiger partial charge in [0.15, 0.2) is 0 Å². The maximum atomic E-state index is 12.7. The summed E-state index contributed by atoms with van der Waals surface area (Å²) in [6, 6.07) is -0.277. The number of carbonyl (C=O) groups excluding carboxylic acids is 2. The highest BCUT2D eigenvalue weighted by atomic mass is 16.2. The van der Waals surface area contributed by atoms with Crippen LogP contribution in [0.15, 0.2) is 0 Å². The van der Waals surface area contributed by atoms with Crippen LogP contribution in [0.4, 0.5) is 4.79 Å². The predicted molar refractivity (Wildman–Crippen MR) is 78.3 cm³/mol. The summed E-state index contributed by atoms with van der Waals surface area (Å²) in [5, 5.41) is 6.73. The first-order valence-corrected chi connectivity index (χ1v) is 7.54. The van der Waals surface area contributed by atoms with Gasteiger partial charge in [0.05, 0.1) is 0 Å². The Morgan fingerprint density at radius 1 is 1.25 bits per heavy atom. The smallest absolute Gasteiger partial charge is 0.323 e. The minimum absolute atomic E-state index is 0.0426. The van der Waals surface area contributed by atoms with E-state index in [1.165, 1.54) is 4.90 Å². The first-order valence-electron chi connectivity index (χ1n) is 7.54. The molecule has 0 aliphatic carbocycles. The fourth-order valence-electron chi connectivity index (χ4n) is 3.90. The molecule has 0 aromatic heterocycles. The Morgan fingerprint density at radius 2 is 1.85 bits per heavy atom. The highest BCUT2D eigenvalue weighted by molar-refractivity contribution is 6.07. The van der Waals surface area contributed by atoms with Crippen molar-refractivity contribution >= 4 is 11.9 Å². The summed E-state index contributed by atoms with van der Waals surface area (Å²) in [7, 11) is 1.56. The normalized spacial score (nSPS) is 45.1. The Bertz CT molecular complexity index is 452.